The van der Waals surface area contributed by atoms with Crippen molar-refractivity contribution < 1.29 is 34.0 Å². The van der Waals surface area contributed by atoms with Gasteiger partial charge < -0.3 is 29.6 Å². The van der Waals surface area contributed by atoms with Crippen molar-refractivity contribution >= 4 is 6.29 Å². The van der Waals surface area contributed by atoms with Crippen LogP contribution in [-0.2, 0) is 9.53 Å². The van der Waals surface area contributed by atoms with E-state index in [4.69, 9.17) is 9.47 Å². The first-order valence-electron chi connectivity index (χ1n) is 8.65. The smallest absolute Gasteiger partial charge is 0.145 e. The third-order valence-electron chi connectivity index (χ3n) is 3.30. The topological polar surface area (TPSA) is 96.2 Å². The molecule has 0 amide bonds. The number of allylic oxidation sites excluding steroid dienone is 6. The van der Waals surface area contributed by atoms with Crippen molar-refractivity contribution in [2.45, 2.75) is 18.3 Å². The van der Waals surface area contributed by atoms with Gasteiger partial charge in [-0.2, -0.15) is 0 Å². The summed E-state index contributed by atoms with van der Waals surface area (Å²) < 4.78 is 22.9. The Hall–Kier alpha value is -2.58. The van der Waals surface area contributed by atoms with Crippen LogP contribution < -0.4 is 4.74 Å². The first kappa shape index (κ1) is 23.5. The van der Waals surface area contributed by atoms with Gasteiger partial charge in [-0.15, -0.1) is 0 Å². The second-order valence-corrected chi connectivity index (χ2v) is 5.63. The lowest BCUT2D eigenvalue weighted by molar-refractivity contribution is -0.113. The zero-order valence-electron chi connectivity index (χ0n) is 15.3. The van der Waals surface area contributed by atoms with Gasteiger partial charge in [0.25, 0.3) is 0 Å². The number of carbonyl (C=O) groups is 1. The second kappa shape index (κ2) is 14.5. The molecule has 0 unspecified atom stereocenters. The van der Waals surface area contributed by atoms with Crippen LogP contribution in [0.25, 0.3) is 0 Å². The van der Waals surface area contributed by atoms with Gasteiger partial charge in [0, 0.05) is 0 Å². The highest BCUT2D eigenvalue weighted by Crippen LogP contribution is 2.11. The molecule has 0 aliphatic rings. The molecule has 28 heavy (non-hydrogen) atoms. The number of rotatable bonds is 13. The average Bonchev–Trinajstić information content (AvgIpc) is 2.69. The summed E-state index contributed by atoms with van der Waals surface area (Å²) in [6.45, 7) is -0.212. The van der Waals surface area contributed by atoms with E-state index in [0.717, 1.165) is 0 Å². The van der Waals surface area contributed by atoms with E-state index in [1.165, 1.54) is 30.3 Å². The molecule has 3 N–H and O–H groups in total. The Morgan fingerprint density at radius 2 is 1.50 bits per heavy atom. The molecule has 1 aromatic rings. The molecule has 6 nitrogen and oxygen atoms in total. The van der Waals surface area contributed by atoms with Crippen LogP contribution in [0.15, 0.2) is 72.9 Å². The monoisotopic (exact) mass is 392 g/mol. The van der Waals surface area contributed by atoms with Crippen LogP contribution in [0.3, 0.4) is 0 Å². The quantitative estimate of drug-likeness (QED) is 0.269. The predicted molar refractivity (Wildman–Crippen MR) is 103 cm³/mol. The Labute approximate surface area is 163 Å². The van der Waals surface area contributed by atoms with Crippen LogP contribution in [0, 0.1) is 5.82 Å². The number of hydrogen-bond donors (Lipinski definition) is 3. The lowest BCUT2D eigenvalue weighted by Gasteiger charge is -2.13. The van der Waals surface area contributed by atoms with Crippen molar-refractivity contribution in [1.29, 1.82) is 0 Å². The summed E-state index contributed by atoms with van der Waals surface area (Å²) in [5, 5.41) is 29.0. The molecular weight excluding hydrogens is 367 g/mol. The van der Waals surface area contributed by atoms with Crippen LogP contribution in [0.1, 0.15) is 0 Å². The number of hydrogen-bond acceptors (Lipinski definition) is 6. The fourth-order valence-corrected chi connectivity index (χ4v) is 1.86. The molecule has 0 fully saturated rings. The molecule has 1 aromatic carbocycles. The average molecular weight is 392 g/mol. The minimum atomic E-state index is -1.11. The lowest BCUT2D eigenvalue weighted by Crippen LogP contribution is -2.29. The van der Waals surface area contributed by atoms with Gasteiger partial charge >= 0.3 is 0 Å². The molecule has 0 spiro atoms. The van der Waals surface area contributed by atoms with Crippen molar-refractivity contribution in [2.75, 3.05) is 19.8 Å². The van der Waals surface area contributed by atoms with Gasteiger partial charge in [-0.25, -0.2) is 4.39 Å². The maximum Gasteiger partial charge on any atom is 0.145 e. The van der Waals surface area contributed by atoms with Gasteiger partial charge in [-0.1, -0.05) is 48.6 Å². The van der Waals surface area contributed by atoms with E-state index in [1.54, 1.807) is 42.5 Å². The van der Waals surface area contributed by atoms with Crippen LogP contribution in [0.5, 0.6) is 5.75 Å². The van der Waals surface area contributed by atoms with Crippen LogP contribution in [-0.4, -0.2) is 59.7 Å². The Morgan fingerprint density at radius 1 is 0.893 bits per heavy atom. The van der Waals surface area contributed by atoms with Gasteiger partial charge in [0.05, 0.1) is 6.61 Å². The van der Waals surface area contributed by atoms with E-state index < -0.39 is 18.3 Å². The van der Waals surface area contributed by atoms with Gasteiger partial charge in [0.1, 0.15) is 49.4 Å². The molecule has 7 heteroatoms. The summed E-state index contributed by atoms with van der Waals surface area (Å²) in [5.74, 6) is 0.122. The second-order valence-electron chi connectivity index (χ2n) is 5.63. The number of carbonyl (C=O) groups excluding carboxylic acids is 1. The fourth-order valence-electron chi connectivity index (χ4n) is 1.86. The van der Waals surface area contributed by atoms with E-state index in [2.05, 4.69) is 0 Å². The van der Waals surface area contributed by atoms with E-state index in [0.29, 0.717) is 12.0 Å². The first-order chi connectivity index (χ1) is 13.5. The van der Waals surface area contributed by atoms with Gasteiger partial charge in [0.15, 0.2) is 0 Å². The van der Waals surface area contributed by atoms with Crippen molar-refractivity contribution in [2.24, 2.45) is 0 Å². The maximum atomic E-state index is 12.8. The normalized spacial score (nSPS) is 15.6. The Morgan fingerprint density at radius 3 is 2.14 bits per heavy atom. The third-order valence-corrected chi connectivity index (χ3v) is 3.30. The van der Waals surface area contributed by atoms with Gasteiger partial charge in [0.2, 0.25) is 0 Å². The summed E-state index contributed by atoms with van der Waals surface area (Å²) in [7, 11) is 0. The molecule has 0 aromatic heterocycles. The summed E-state index contributed by atoms with van der Waals surface area (Å²) in [4.78, 5) is 10.1. The summed E-state index contributed by atoms with van der Waals surface area (Å²) >= 11 is 0. The van der Waals surface area contributed by atoms with Crippen molar-refractivity contribution in [3.63, 3.8) is 0 Å². The lowest BCUT2D eigenvalue weighted by atomic mass is 10.2. The van der Waals surface area contributed by atoms with E-state index in [9.17, 15) is 24.5 Å². The number of ether oxygens (including phenoxy) is 2. The Balaban J connectivity index is 2.24. The van der Waals surface area contributed by atoms with Crippen molar-refractivity contribution in [3.05, 3.63) is 78.7 Å². The van der Waals surface area contributed by atoms with E-state index in [1.807, 2.05) is 0 Å². The van der Waals surface area contributed by atoms with E-state index >= 15 is 0 Å². The minimum Gasteiger partial charge on any atom is -0.491 e. The SMILES string of the molecule is O=CCOC[C@H](O)[C@H](O)/C=C/C=C/C=C\C=C\[C@H](O)COc1ccc(F)cc1. The zero-order valence-corrected chi connectivity index (χ0v) is 15.3. The maximum absolute atomic E-state index is 12.8. The standard InChI is InChI=1S/C21H25FO6/c22-17-9-11-19(12-10-17)28-15-18(24)7-5-3-1-2-4-6-8-20(25)21(26)16-27-14-13-23/h1-13,18,20-21,24-26H,14-16H2/b3-1-,4-2+,7-5+,8-6+/t18-,20+,21-/m0/s1. The first-order valence-corrected chi connectivity index (χ1v) is 8.65. The molecule has 0 bridgehead atoms. The summed E-state index contributed by atoms with van der Waals surface area (Å²) in [6, 6.07) is 5.53. The molecule has 0 radical (unpaired) electrons. The van der Waals surface area contributed by atoms with Crippen LogP contribution in [0.4, 0.5) is 4.39 Å². The molecule has 0 saturated heterocycles. The van der Waals surface area contributed by atoms with Crippen LogP contribution in [0.2, 0.25) is 0 Å². The number of aliphatic hydroxyl groups is 3. The molecule has 152 valence electrons. The highest BCUT2D eigenvalue weighted by molar-refractivity contribution is 5.50. The molecule has 0 aliphatic carbocycles. The number of aldehydes is 1. The number of aliphatic hydroxyl groups excluding tert-OH is 3. The number of halogens is 1. The van der Waals surface area contributed by atoms with Gasteiger partial charge in [-0.3, -0.25) is 0 Å². The molecule has 3 atom stereocenters. The van der Waals surface area contributed by atoms with E-state index in [-0.39, 0.29) is 25.6 Å². The predicted octanol–water partition coefficient (Wildman–Crippen LogP) is 1.73. The fraction of sp³-hybridized carbons (Fsp3) is 0.286. The number of benzene rings is 1. The molecule has 0 aliphatic heterocycles. The molecule has 1 rings (SSSR count). The Kier molecular flexibility index (Phi) is 12.1. The third kappa shape index (κ3) is 11.2. The van der Waals surface area contributed by atoms with Crippen molar-refractivity contribution in [1.82, 2.24) is 0 Å². The summed E-state index contributed by atoms with van der Waals surface area (Å²) in [6.07, 6.45) is 10.5. The highest BCUT2D eigenvalue weighted by Gasteiger charge is 2.12. The summed E-state index contributed by atoms with van der Waals surface area (Å²) in [5.41, 5.74) is 0. The highest BCUT2D eigenvalue weighted by atomic mass is 19.1. The minimum absolute atomic E-state index is 0.0470. The van der Waals surface area contributed by atoms with Crippen molar-refractivity contribution in [3.8, 4) is 5.75 Å². The van der Waals surface area contributed by atoms with Gasteiger partial charge in [-0.05, 0) is 24.3 Å². The zero-order chi connectivity index (χ0) is 20.6. The molecular formula is C21H25FO6. The van der Waals surface area contributed by atoms with Crippen LogP contribution >= 0.6 is 0 Å². The largest absolute Gasteiger partial charge is 0.491 e. The molecule has 0 heterocycles. The Bertz CT molecular complexity index is 666. The molecule has 0 saturated carbocycles.